The van der Waals surface area contributed by atoms with Gasteiger partial charge in [0, 0.05) is 19.9 Å². The molecule has 2 heterocycles. The highest BCUT2D eigenvalue weighted by molar-refractivity contribution is 6.29. The molecule has 1 aliphatic rings. The predicted octanol–water partition coefficient (Wildman–Crippen LogP) is 0.724. The molecular weight excluding hydrogens is 312 g/mol. The number of carbonyl (C=O) groups is 3. The number of ether oxygens (including phenoxy) is 2. The summed E-state index contributed by atoms with van der Waals surface area (Å²) in [6, 6.07) is 3.29. The Morgan fingerprint density at radius 1 is 1.23 bits per heavy atom. The van der Waals surface area contributed by atoms with Crippen LogP contribution in [0.2, 0.25) is 5.15 Å². The number of aromatic nitrogens is 1. The van der Waals surface area contributed by atoms with Crippen LogP contribution < -0.4 is 0 Å². The summed E-state index contributed by atoms with van der Waals surface area (Å²) in [5, 5.41) is 0.235. The van der Waals surface area contributed by atoms with E-state index < -0.39 is 23.4 Å². The standard InChI is InChI=1S/C14H15ClN2O5/c1-8(18)17-7-9-4-5-11(15)16-10(9)6-14(17,12(19)21-2)13(20)22-3/h4-5H,6-7H2,1-3H3. The summed E-state index contributed by atoms with van der Waals surface area (Å²) in [5.41, 5.74) is -0.719. The number of hydrogen-bond acceptors (Lipinski definition) is 6. The van der Waals surface area contributed by atoms with Crippen molar-refractivity contribution in [3.63, 3.8) is 0 Å². The van der Waals surface area contributed by atoms with E-state index in [1.807, 2.05) is 0 Å². The molecule has 0 radical (unpaired) electrons. The molecule has 0 unspecified atom stereocenters. The van der Waals surface area contributed by atoms with Crippen molar-refractivity contribution in [2.75, 3.05) is 14.2 Å². The molecule has 7 nitrogen and oxygen atoms in total. The van der Waals surface area contributed by atoms with Crippen molar-refractivity contribution in [1.29, 1.82) is 0 Å². The van der Waals surface area contributed by atoms with E-state index in [4.69, 9.17) is 21.1 Å². The molecule has 0 fully saturated rings. The van der Waals surface area contributed by atoms with E-state index in [0.717, 1.165) is 19.1 Å². The first-order valence-corrected chi connectivity index (χ1v) is 6.84. The van der Waals surface area contributed by atoms with Crippen LogP contribution in [0.3, 0.4) is 0 Å². The summed E-state index contributed by atoms with van der Waals surface area (Å²) < 4.78 is 9.49. The third kappa shape index (κ3) is 2.41. The van der Waals surface area contributed by atoms with E-state index in [1.54, 1.807) is 12.1 Å². The van der Waals surface area contributed by atoms with Crippen LogP contribution in [0.1, 0.15) is 18.2 Å². The lowest BCUT2D eigenvalue weighted by Crippen LogP contribution is -2.65. The summed E-state index contributed by atoms with van der Waals surface area (Å²) in [6.45, 7) is 1.31. The van der Waals surface area contributed by atoms with Crippen LogP contribution >= 0.6 is 11.6 Å². The maximum atomic E-state index is 12.3. The fourth-order valence-corrected chi connectivity index (χ4v) is 2.77. The van der Waals surface area contributed by atoms with Crippen LogP contribution in [0, 0.1) is 0 Å². The van der Waals surface area contributed by atoms with Gasteiger partial charge < -0.3 is 14.4 Å². The number of esters is 2. The lowest BCUT2D eigenvalue weighted by Gasteiger charge is -2.42. The van der Waals surface area contributed by atoms with Crippen LogP contribution in [0.5, 0.6) is 0 Å². The van der Waals surface area contributed by atoms with Gasteiger partial charge in [-0.2, -0.15) is 0 Å². The fraction of sp³-hybridized carbons (Fsp3) is 0.429. The second kappa shape index (κ2) is 5.92. The zero-order chi connectivity index (χ0) is 16.5. The molecule has 1 aliphatic heterocycles. The number of nitrogens with zero attached hydrogens (tertiary/aromatic N) is 2. The third-order valence-corrected chi connectivity index (χ3v) is 3.88. The van der Waals surface area contributed by atoms with E-state index in [0.29, 0.717) is 11.3 Å². The molecule has 0 bridgehead atoms. The molecule has 0 spiro atoms. The fourth-order valence-electron chi connectivity index (χ4n) is 2.61. The van der Waals surface area contributed by atoms with E-state index in [-0.39, 0.29) is 18.1 Å². The molecule has 2 rings (SSSR count). The molecule has 8 heteroatoms. The van der Waals surface area contributed by atoms with Crippen molar-refractivity contribution in [1.82, 2.24) is 9.88 Å². The van der Waals surface area contributed by atoms with E-state index in [2.05, 4.69) is 4.98 Å². The van der Waals surface area contributed by atoms with Gasteiger partial charge in [0.25, 0.3) is 0 Å². The van der Waals surface area contributed by atoms with Gasteiger partial charge in [-0.25, -0.2) is 14.6 Å². The zero-order valence-electron chi connectivity index (χ0n) is 12.4. The van der Waals surface area contributed by atoms with Crippen molar-refractivity contribution in [3.8, 4) is 0 Å². The minimum absolute atomic E-state index is 0.0407. The maximum absolute atomic E-state index is 12.3. The van der Waals surface area contributed by atoms with Gasteiger partial charge in [0.15, 0.2) is 0 Å². The lowest BCUT2D eigenvalue weighted by atomic mass is 9.85. The summed E-state index contributed by atoms with van der Waals surface area (Å²) >= 11 is 5.87. The van der Waals surface area contributed by atoms with Crippen molar-refractivity contribution >= 4 is 29.4 Å². The van der Waals surface area contributed by atoms with Crippen molar-refractivity contribution < 1.29 is 23.9 Å². The molecule has 1 aromatic rings. The normalized spacial score (nSPS) is 15.7. The topological polar surface area (TPSA) is 85.8 Å². The minimum Gasteiger partial charge on any atom is -0.467 e. The van der Waals surface area contributed by atoms with Gasteiger partial charge in [0.2, 0.25) is 11.4 Å². The number of halogens is 1. The van der Waals surface area contributed by atoms with Crippen LogP contribution in [-0.2, 0) is 36.8 Å². The number of carbonyl (C=O) groups excluding carboxylic acids is 3. The highest BCUT2D eigenvalue weighted by atomic mass is 35.5. The summed E-state index contributed by atoms with van der Waals surface area (Å²) in [5.74, 6) is -2.19. The monoisotopic (exact) mass is 326 g/mol. The molecule has 1 aromatic heterocycles. The molecular formula is C14H15ClN2O5. The van der Waals surface area contributed by atoms with Crippen LogP contribution in [0.15, 0.2) is 12.1 Å². The summed E-state index contributed by atoms with van der Waals surface area (Å²) in [7, 11) is 2.29. The smallest absolute Gasteiger partial charge is 0.344 e. The average Bonchev–Trinajstić information content (AvgIpc) is 2.51. The van der Waals surface area contributed by atoms with Crippen molar-refractivity contribution in [3.05, 3.63) is 28.5 Å². The quantitative estimate of drug-likeness (QED) is 0.452. The SMILES string of the molecule is COC(=O)C1(C(=O)OC)Cc2nc(Cl)ccc2CN1C(C)=O. The highest BCUT2D eigenvalue weighted by Gasteiger charge is 2.57. The third-order valence-electron chi connectivity index (χ3n) is 3.67. The Morgan fingerprint density at radius 2 is 1.82 bits per heavy atom. The predicted molar refractivity (Wildman–Crippen MR) is 75.9 cm³/mol. The number of rotatable bonds is 2. The van der Waals surface area contributed by atoms with E-state index in [1.165, 1.54) is 6.92 Å². The molecule has 0 atom stereocenters. The number of fused-ring (bicyclic) bond motifs is 1. The van der Waals surface area contributed by atoms with Gasteiger partial charge in [-0.1, -0.05) is 17.7 Å². The van der Waals surface area contributed by atoms with E-state index >= 15 is 0 Å². The van der Waals surface area contributed by atoms with Crippen LogP contribution in [-0.4, -0.2) is 47.5 Å². The van der Waals surface area contributed by atoms with Crippen LogP contribution in [0.25, 0.3) is 0 Å². The van der Waals surface area contributed by atoms with Crippen molar-refractivity contribution in [2.24, 2.45) is 0 Å². The molecule has 0 aliphatic carbocycles. The Bertz CT molecular complexity index is 630. The minimum atomic E-state index is -1.89. The van der Waals surface area contributed by atoms with Crippen LogP contribution in [0.4, 0.5) is 0 Å². The first-order valence-electron chi connectivity index (χ1n) is 6.46. The molecule has 0 saturated heterocycles. The van der Waals surface area contributed by atoms with Gasteiger partial charge in [0.05, 0.1) is 19.9 Å². The number of hydrogen-bond donors (Lipinski definition) is 0. The molecule has 0 N–H and O–H groups in total. The molecule has 22 heavy (non-hydrogen) atoms. The first-order chi connectivity index (χ1) is 10.4. The highest BCUT2D eigenvalue weighted by Crippen LogP contribution is 2.33. The Labute approximate surface area is 132 Å². The second-order valence-electron chi connectivity index (χ2n) is 4.87. The summed E-state index contributed by atoms with van der Waals surface area (Å²) in [6.07, 6.45) is -0.151. The van der Waals surface area contributed by atoms with Crippen molar-refractivity contribution in [2.45, 2.75) is 25.4 Å². The van der Waals surface area contributed by atoms with E-state index in [9.17, 15) is 14.4 Å². The average molecular weight is 327 g/mol. The molecule has 0 saturated carbocycles. The molecule has 1 amide bonds. The number of pyridine rings is 1. The Hall–Kier alpha value is -2.15. The van der Waals surface area contributed by atoms with Gasteiger partial charge in [0.1, 0.15) is 5.15 Å². The zero-order valence-corrected chi connectivity index (χ0v) is 13.1. The van der Waals surface area contributed by atoms with Gasteiger partial charge in [-0.05, 0) is 11.6 Å². The lowest BCUT2D eigenvalue weighted by molar-refractivity contribution is -0.178. The second-order valence-corrected chi connectivity index (χ2v) is 5.25. The Balaban J connectivity index is 2.65. The number of amides is 1. The maximum Gasteiger partial charge on any atom is 0.344 e. The van der Waals surface area contributed by atoms with Gasteiger partial charge in [-0.3, -0.25) is 4.79 Å². The molecule has 0 aromatic carbocycles. The number of methoxy groups -OCH3 is 2. The Kier molecular flexibility index (Phi) is 4.37. The largest absolute Gasteiger partial charge is 0.467 e. The molecule has 118 valence electrons. The van der Waals surface area contributed by atoms with Gasteiger partial charge in [-0.15, -0.1) is 0 Å². The Morgan fingerprint density at radius 3 is 2.32 bits per heavy atom. The first kappa shape index (κ1) is 16.2. The van der Waals surface area contributed by atoms with Gasteiger partial charge >= 0.3 is 11.9 Å². The summed E-state index contributed by atoms with van der Waals surface area (Å²) in [4.78, 5) is 41.9.